The molecule has 2 aliphatic heterocycles. The molecule has 2 N–H and O–H groups in total. The topological polar surface area (TPSA) is 135 Å². The highest BCUT2D eigenvalue weighted by Crippen LogP contribution is 2.38. The van der Waals surface area contributed by atoms with Crippen molar-refractivity contribution in [3.05, 3.63) is 48.0 Å². The van der Waals surface area contributed by atoms with Crippen LogP contribution in [0.5, 0.6) is 6.01 Å². The zero-order valence-electron chi connectivity index (χ0n) is 21.3. The second-order valence-electron chi connectivity index (χ2n) is 9.08. The number of rotatable bonds is 6. The molecule has 2 fully saturated rings. The van der Waals surface area contributed by atoms with Crippen LogP contribution in [0.2, 0.25) is 0 Å². The van der Waals surface area contributed by atoms with Gasteiger partial charge in [0, 0.05) is 44.3 Å². The monoisotopic (exact) mass is 582 g/mol. The fraction of sp³-hybridized carbons (Fsp3) is 0.542. The highest BCUT2D eigenvalue weighted by molar-refractivity contribution is 5.73. The van der Waals surface area contributed by atoms with Crippen molar-refractivity contribution >= 4 is 11.9 Å². The average Bonchev–Trinajstić information content (AvgIpc) is 2.84. The number of aliphatic carboxylic acids is 2. The molecule has 2 saturated heterocycles. The molecular formula is C24H28F6N4O6. The number of aryl methyl sites for hydroxylation is 1. The predicted molar refractivity (Wildman–Crippen MR) is 125 cm³/mol. The summed E-state index contributed by atoms with van der Waals surface area (Å²) in [5.41, 5.74) is 2.10. The van der Waals surface area contributed by atoms with Crippen LogP contribution in [0.3, 0.4) is 0 Å². The molecule has 2 aromatic rings. The number of nitrogens with zero attached hydrogens (tertiary/aromatic N) is 4. The molecule has 1 spiro atoms. The van der Waals surface area contributed by atoms with E-state index in [0.29, 0.717) is 18.5 Å². The molecule has 0 radical (unpaired) electrons. The molecule has 1 unspecified atom stereocenters. The first-order valence-electron chi connectivity index (χ1n) is 11.9. The van der Waals surface area contributed by atoms with Crippen LogP contribution in [0.15, 0.2) is 36.7 Å². The summed E-state index contributed by atoms with van der Waals surface area (Å²) in [4.78, 5) is 33.1. The Morgan fingerprint density at radius 1 is 1.05 bits per heavy atom. The van der Waals surface area contributed by atoms with Crippen LogP contribution in [-0.2, 0) is 20.9 Å². The molecule has 40 heavy (non-hydrogen) atoms. The first-order chi connectivity index (χ1) is 18.6. The summed E-state index contributed by atoms with van der Waals surface area (Å²) in [7, 11) is 0. The van der Waals surface area contributed by atoms with Gasteiger partial charge >= 0.3 is 30.3 Å². The van der Waals surface area contributed by atoms with E-state index in [1.165, 1.54) is 0 Å². The summed E-state index contributed by atoms with van der Waals surface area (Å²) in [6.07, 6.45) is -3.31. The van der Waals surface area contributed by atoms with Gasteiger partial charge in [-0.25, -0.2) is 19.6 Å². The van der Waals surface area contributed by atoms with Gasteiger partial charge in [-0.3, -0.25) is 9.88 Å². The van der Waals surface area contributed by atoms with Crippen molar-refractivity contribution < 1.29 is 55.6 Å². The first-order valence-corrected chi connectivity index (χ1v) is 11.9. The normalized spacial score (nSPS) is 18.3. The van der Waals surface area contributed by atoms with Crippen molar-refractivity contribution in [1.29, 1.82) is 0 Å². The largest absolute Gasteiger partial charge is 0.490 e. The zero-order chi connectivity index (χ0) is 30.0. The van der Waals surface area contributed by atoms with Gasteiger partial charge in [0.1, 0.15) is 0 Å². The van der Waals surface area contributed by atoms with E-state index >= 15 is 0 Å². The number of likely N-dealkylation sites (tertiary alicyclic amines) is 1. The second-order valence-corrected chi connectivity index (χ2v) is 9.08. The number of alkyl halides is 6. The molecule has 0 aliphatic carbocycles. The van der Waals surface area contributed by atoms with Gasteiger partial charge < -0.3 is 19.7 Å². The molecule has 0 saturated carbocycles. The SMILES string of the molecule is Cc1ccnc(OCCC2CCOC3(C2)CN(Cc2ccccn2)C3)n1.O=C(O)C(F)(F)F.O=C(O)C(F)(F)F. The summed E-state index contributed by atoms with van der Waals surface area (Å²) >= 11 is 0. The van der Waals surface area contributed by atoms with E-state index in [1.807, 2.05) is 31.3 Å². The lowest BCUT2D eigenvalue weighted by molar-refractivity contribution is -0.193. The lowest BCUT2D eigenvalue weighted by Gasteiger charge is -2.53. The second kappa shape index (κ2) is 14.2. The minimum atomic E-state index is -5.08. The van der Waals surface area contributed by atoms with Crippen LogP contribution in [0.4, 0.5) is 26.3 Å². The molecule has 4 rings (SSSR count). The van der Waals surface area contributed by atoms with Crippen molar-refractivity contribution in [2.24, 2.45) is 5.92 Å². The third kappa shape index (κ3) is 11.3. The summed E-state index contributed by atoms with van der Waals surface area (Å²) in [6.45, 7) is 6.38. The van der Waals surface area contributed by atoms with Crippen molar-refractivity contribution in [2.75, 3.05) is 26.3 Å². The Balaban J connectivity index is 0.000000333. The van der Waals surface area contributed by atoms with Gasteiger partial charge in [-0.1, -0.05) is 6.07 Å². The quantitative estimate of drug-likeness (QED) is 0.483. The van der Waals surface area contributed by atoms with E-state index in [2.05, 4.69) is 25.9 Å². The Bertz CT molecular complexity index is 1070. The number of halogens is 6. The third-order valence-electron chi connectivity index (χ3n) is 5.75. The van der Waals surface area contributed by atoms with Crippen LogP contribution in [-0.4, -0.2) is 86.3 Å². The number of aromatic nitrogens is 3. The van der Waals surface area contributed by atoms with E-state index in [0.717, 1.165) is 56.9 Å². The van der Waals surface area contributed by atoms with Gasteiger partial charge in [0.05, 0.1) is 17.9 Å². The first kappa shape index (κ1) is 32.7. The smallest absolute Gasteiger partial charge is 0.475 e. The maximum Gasteiger partial charge on any atom is 0.490 e. The van der Waals surface area contributed by atoms with Crippen molar-refractivity contribution in [3.8, 4) is 6.01 Å². The van der Waals surface area contributed by atoms with Crippen molar-refractivity contribution in [2.45, 2.75) is 50.7 Å². The number of carbonyl (C=O) groups is 2. The van der Waals surface area contributed by atoms with Gasteiger partial charge in [-0.05, 0) is 50.3 Å². The predicted octanol–water partition coefficient (Wildman–Crippen LogP) is 3.90. The van der Waals surface area contributed by atoms with Gasteiger partial charge in [0.2, 0.25) is 0 Å². The van der Waals surface area contributed by atoms with Crippen LogP contribution < -0.4 is 4.74 Å². The number of carboxylic acids is 2. The van der Waals surface area contributed by atoms with Crippen molar-refractivity contribution in [1.82, 2.24) is 19.9 Å². The molecule has 0 bridgehead atoms. The van der Waals surface area contributed by atoms with Crippen LogP contribution in [0, 0.1) is 12.8 Å². The van der Waals surface area contributed by atoms with E-state index in [1.54, 1.807) is 6.20 Å². The van der Waals surface area contributed by atoms with Crippen LogP contribution in [0.1, 0.15) is 30.7 Å². The molecular weight excluding hydrogens is 554 g/mol. The van der Waals surface area contributed by atoms with Gasteiger partial charge in [-0.2, -0.15) is 26.3 Å². The molecule has 10 nitrogen and oxygen atoms in total. The zero-order valence-corrected chi connectivity index (χ0v) is 21.3. The maximum absolute atomic E-state index is 10.6. The lowest BCUT2D eigenvalue weighted by Crippen LogP contribution is -2.64. The third-order valence-corrected chi connectivity index (χ3v) is 5.75. The molecule has 222 valence electrons. The molecule has 16 heteroatoms. The highest BCUT2D eigenvalue weighted by Gasteiger charge is 2.47. The summed E-state index contributed by atoms with van der Waals surface area (Å²) < 4.78 is 75.4. The van der Waals surface area contributed by atoms with E-state index in [9.17, 15) is 26.3 Å². The highest BCUT2D eigenvalue weighted by atomic mass is 19.4. The average molecular weight is 582 g/mol. The Morgan fingerprint density at radius 2 is 1.68 bits per heavy atom. The maximum atomic E-state index is 10.6. The van der Waals surface area contributed by atoms with Gasteiger partial charge in [0.25, 0.3) is 0 Å². The van der Waals surface area contributed by atoms with E-state index in [4.69, 9.17) is 29.3 Å². The van der Waals surface area contributed by atoms with E-state index < -0.39 is 24.3 Å². The molecule has 0 amide bonds. The van der Waals surface area contributed by atoms with E-state index in [-0.39, 0.29) is 5.60 Å². The fourth-order valence-electron chi connectivity index (χ4n) is 4.01. The minimum Gasteiger partial charge on any atom is -0.475 e. The van der Waals surface area contributed by atoms with Crippen molar-refractivity contribution in [3.63, 3.8) is 0 Å². The lowest BCUT2D eigenvalue weighted by atomic mass is 9.79. The minimum absolute atomic E-state index is 0.0392. The Morgan fingerprint density at radius 3 is 2.20 bits per heavy atom. The molecule has 2 aliphatic rings. The molecule has 1 atom stereocenters. The van der Waals surface area contributed by atoms with Crippen LogP contribution >= 0.6 is 0 Å². The number of ether oxygens (including phenoxy) is 2. The van der Waals surface area contributed by atoms with Gasteiger partial charge in [0.15, 0.2) is 0 Å². The number of carboxylic acid groups (broad SMARTS) is 2. The Labute approximate surface area is 225 Å². The number of hydrogen-bond acceptors (Lipinski definition) is 8. The Kier molecular flexibility index (Phi) is 11.6. The molecule has 4 heterocycles. The summed E-state index contributed by atoms with van der Waals surface area (Å²) in [5, 5.41) is 14.2. The molecule has 2 aromatic heterocycles. The van der Waals surface area contributed by atoms with Gasteiger partial charge in [-0.15, -0.1) is 0 Å². The number of hydrogen-bond donors (Lipinski definition) is 2. The fourth-order valence-corrected chi connectivity index (χ4v) is 4.01. The Hall–Kier alpha value is -3.53. The molecule has 0 aromatic carbocycles. The summed E-state index contributed by atoms with van der Waals surface area (Å²) in [6, 6.07) is 8.45. The number of pyridine rings is 1. The standard InChI is InChI=1S/C20H26N4O2.2C2HF3O2/c1-16-5-9-22-19(23-16)25-10-6-17-7-11-26-20(12-17)14-24(15-20)13-18-4-2-3-8-21-18;2*3-2(4,5)1(6)7/h2-5,8-9,17H,6-7,10-15H2,1H3;2*(H,6,7). The summed E-state index contributed by atoms with van der Waals surface area (Å²) in [5.74, 6) is -4.87. The van der Waals surface area contributed by atoms with Crippen LogP contribution in [0.25, 0.3) is 0 Å².